The second kappa shape index (κ2) is 9.97. The zero-order chi connectivity index (χ0) is 18.9. The first-order chi connectivity index (χ1) is 13.2. The van der Waals surface area contributed by atoms with Gasteiger partial charge in [0.25, 0.3) is 5.91 Å². The van der Waals surface area contributed by atoms with Crippen molar-refractivity contribution in [3.05, 3.63) is 60.2 Å². The smallest absolute Gasteiger partial charge is 0.251 e. The van der Waals surface area contributed by atoms with E-state index >= 15 is 0 Å². The predicted octanol–water partition coefficient (Wildman–Crippen LogP) is 3.50. The summed E-state index contributed by atoms with van der Waals surface area (Å²) in [6, 6.07) is 17.5. The van der Waals surface area contributed by atoms with E-state index in [1.165, 1.54) is 5.69 Å². The highest BCUT2D eigenvalue weighted by atomic mass is 16.5. The zero-order valence-electron chi connectivity index (χ0n) is 15.9. The summed E-state index contributed by atoms with van der Waals surface area (Å²) in [5, 5.41) is 2.98. The lowest BCUT2D eigenvalue weighted by molar-refractivity contribution is 0.0679. The molecule has 1 atom stereocenters. The molecular formula is C22H28N2O3. The molecule has 144 valence electrons. The van der Waals surface area contributed by atoms with Crippen molar-refractivity contribution in [2.45, 2.75) is 25.4 Å². The van der Waals surface area contributed by atoms with Gasteiger partial charge in [-0.25, -0.2) is 0 Å². The van der Waals surface area contributed by atoms with Gasteiger partial charge in [0.05, 0.1) is 6.10 Å². The van der Waals surface area contributed by atoms with Crippen molar-refractivity contribution < 1.29 is 14.3 Å². The minimum absolute atomic E-state index is 0.0527. The number of nitrogens with zero attached hydrogens (tertiary/aromatic N) is 1. The van der Waals surface area contributed by atoms with Crippen molar-refractivity contribution in [1.29, 1.82) is 0 Å². The lowest BCUT2D eigenvalue weighted by atomic mass is 10.2. The highest BCUT2D eigenvalue weighted by molar-refractivity contribution is 5.94. The number of rotatable bonds is 9. The van der Waals surface area contributed by atoms with E-state index in [-0.39, 0.29) is 12.0 Å². The molecule has 2 aromatic carbocycles. The van der Waals surface area contributed by atoms with Crippen molar-refractivity contribution in [2.75, 3.05) is 38.3 Å². The molecule has 1 amide bonds. The average Bonchev–Trinajstić information content (AvgIpc) is 3.24. The fraction of sp³-hybridized carbons (Fsp3) is 0.409. The van der Waals surface area contributed by atoms with Crippen LogP contribution in [-0.2, 0) is 4.74 Å². The van der Waals surface area contributed by atoms with E-state index in [4.69, 9.17) is 9.47 Å². The van der Waals surface area contributed by atoms with E-state index in [0.29, 0.717) is 18.7 Å². The summed E-state index contributed by atoms with van der Waals surface area (Å²) in [5.74, 6) is 0.717. The fourth-order valence-corrected chi connectivity index (χ4v) is 3.10. The van der Waals surface area contributed by atoms with Gasteiger partial charge in [-0.1, -0.05) is 18.2 Å². The molecule has 3 rings (SSSR count). The third-order valence-electron chi connectivity index (χ3n) is 4.73. The maximum Gasteiger partial charge on any atom is 0.251 e. The van der Waals surface area contributed by atoms with E-state index in [1.54, 1.807) is 12.1 Å². The fourth-order valence-electron chi connectivity index (χ4n) is 3.10. The lowest BCUT2D eigenvalue weighted by Crippen LogP contribution is -2.28. The molecule has 5 nitrogen and oxygen atoms in total. The minimum atomic E-state index is -0.0527. The average molecular weight is 368 g/mol. The summed E-state index contributed by atoms with van der Waals surface area (Å²) in [7, 11) is 2.06. The number of nitrogens with one attached hydrogen (secondary N) is 1. The molecule has 0 saturated carbocycles. The van der Waals surface area contributed by atoms with Gasteiger partial charge >= 0.3 is 0 Å². The first-order valence-electron chi connectivity index (χ1n) is 9.61. The molecule has 0 aromatic heterocycles. The highest BCUT2D eigenvalue weighted by Crippen LogP contribution is 2.16. The summed E-state index contributed by atoms with van der Waals surface area (Å²) < 4.78 is 11.3. The first kappa shape index (κ1) is 19.2. The second-order valence-corrected chi connectivity index (χ2v) is 6.84. The Morgan fingerprint density at radius 3 is 2.67 bits per heavy atom. The van der Waals surface area contributed by atoms with Crippen molar-refractivity contribution in [1.82, 2.24) is 5.32 Å². The molecule has 5 heteroatoms. The van der Waals surface area contributed by atoms with E-state index in [9.17, 15) is 4.79 Å². The molecule has 2 aromatic rings. The van der Waals surface area contributed by atoms with Crippen molar-refractivity contribution >= 4 is 11.6 Å². The van der Waals surface area contributed by atoms with Gasteiger partial charge in [-0.2, -0.15) is 0 Å². The first-order valence-corrected chi connectivity index (χ1v) is 9.61. The van der Waals surface area contributed by atoms with Crippen LogP contribution >= 0.6 is 0 Å². The molecule has 1 fully saturated rings. The predicted molar refractivity (Wildman–Crippen MR) is 108 cm³/mol. The molecule has 1 unspecified atom stereocenters. The second-order valence-electron chi connectivity index (χ2n) is 6.84. The van der Waals surface area contributed by atoms with E-state index < -0.39 is 0 Å². The van der Waals surface area contributed by atoms with Crippen molar-refractivity contribution in [2.24, 2.45) is 0 Å². The summed E-state index contributed by atoms with van der Waals surface area (Å²) in [6.45, 7) is 2.93. The van der Waals surface area contributed by atoms with Gasteiger partial charge in [-0.3, -0.25) is 4.79 Å². The van der Waals surface area contributed by atoms with Crippen LogP contribution in [0.5, 0.6) is 5.75 Å². The molecule has 0 aliphatic carbocycles. The third-order valence-corrected chi connectivity index (χ3v) is 4.73. The summed E-state index contributed by atoms with van der Waals surface area (Å²) >= 11 is 0. The number of benzene rings is 2. The van der Waals surface area contributed by atoms with Crippen LogP contribution in [0.3, 0.4) is 0 Å². The van der Waals surface area contributed by atoms with Gasteiger partial charge in [0, 0.05) is 38.0 Å². The Balaban J connectivity index is 1.36. The van der Waals surface area contributed by atoms with Crippen molar-refractivity contribution in [3.8, 4) is 5.75 Å². The maximum atomic E-state index is 12.3. The normalized spacial score (nSPS) is 16.1. The molecule has 1 aliphatic rings. The number of carbonyl (C=O) groups is 1. The quantitative estimate of drug-likeness (QED) is 0.688. The summed E-state index contributed by atoms with van der Waals surface area (Å²) in [6.07, 6.45) is 3.25. The molecule has 0 bridgehead atoms. The number of hydrogen-bond donors (Lipinski definition) is 1. The molecule has 1 aliphatic heterocycles. The molecule has 0 spiro atoms. The zero-order valence-corrected chi connectivity index (χ0v) is 15.9. The Morgan fingerprint density at radius 1 is 1.19 bits per heavy atom. The van der Waals surface area contributed by atoms with Crippen LogP contribution in [0.15, 0.2) is 54.6 Å². The van der Waals surface area contributed by atoms with Crippen LogP contribution in [-0.4, -0.2) is 45.4 Å². The van der Waals surface area contributed by atoms with Crippen LogP contribution in [0.25, 0.3) is 0 Å². The molecule has 1 N–H and O–H groups in total. The van der Waals surface area contributed by atoms with Crippen LogP contribution in [0.2, 0.25) is 0 Å². The number of para-hydroxylation sites is 1. The van der Waals surface area contributed by atoms with Crippen LogP contribution in [0, 0.1) is 0 Å². The monoisotopic (exact) mass is 368 g/mol. The van der Waals surface area contributed by atoms with Gasteiger partial charge in [-0.15, -0.1) is 0 Å². The van der Waals surface area contributed by atoms with Crippen LogP contribution < -0.4 is 15.0 Å². The third kappa shape index (κ3) is 6.00. The van der Waals surface area contributed by atoms with Gasteiger partial charge in [0.15, 0.2) is 0 Å². The standard InChI is InChI=1S/C22H28N2O3/c1-24(19-7-3-2-4-8-19)15-6-14-23-22(25)18-10-12-20(13-11-18)27-17-21-9-5-16-26-21/h2-4,7-8,10-13,21H,5-6,9,14-17H2,1H3,(H,23,25). The number of ether oxygens (including phenoxy) is 2. The Morgan fingerprint density at radius 2 is 1.96 bits per heavy atom. The largest absolute Gasteiger partial charge is 0.491 e. The highest BCUT2D eigenvalue weighted by Gasteiger charge is 2.16. The molecule has 0 radical (unpaired) electrons. The van der Waals surface area contributed by atoms with Gasteiger partial charge < -0.3 is 19.7 Å². The van der Waals surface area contributed by atoms with Crippen LogP contribution in [0.1, 0.15) is 29.6 Å². The lowest BCUT2D eigenvalue weighted by Gasteiger charge is -2.19. The number of anilines is 1. The Hall–Kier alpha value is -2.53. The Kier molecular flexibility index (Phi) is 7.11. The molecular weight excluding hydrogens is 340 g/mol. The van der Waals surface area contributed by atoms with Gasteiger partial charge in [0.1, 0.15) is 12.4 Å². The molecule has 1 saturated heterocycles. The number of amides is 1. The summed E-state index contributed by atoms with van der Waals surface area (Å²) in [4.78, 5) is 14.4. The number of hydrogen-bond acceptors (Lipinski definition) is 4. The Labute approximate surface area is 161 Å². The van der Waals surface area contributed by atoms with E-state index in [2.05, 4.69) is 29.4 Å². The topological polar surface area (TPSA) is 50.8 Å². The van der Waals surface area contributed by atoms with E-state index in [0.717, 1.165) is 38.2 Å². The van der Waals surface area contributed by atoms with E-state index in [1.807, 2.05) is 30.3 Å². The van der Waals surface area contributed by atoms with Crippen molar-refractivity contribution in [3.63, 3.8) is 0 Å². The van der Waals surface area contributed by atoms with Gasteiger partial charge in [-0.05, 0) is 55.7 Å². The minimum Gasteiger partial charge on any atom is -0.491 e. The summed E-state index contributed by atoms with van der Waals surface area (Å²) in [5.41, 5.74) is 1.83. The van der Waals surface area contributed by atoms with Gasteiger partial charge in [0.2, 0.25) is 0 Å². The van der Waals surface area contributed by atoms with Crippen LogP contribution in [0.4, 0.5) is 5.69 Å². The number of carbonyl (C=O) groups excluding carboxylic acids is 1. The molecule has 27 heavy (non-hydrogen) atoms. The maximum absolute atomic E-state index is 12.3. The SMILES string of the molecule is CN(CCCNC(=O)c1ccc(OCC2CCCO2)cc1)c1ccccc1. The Bertz CT molecular complexity index is 697. The molecule has 1 heterocycles.